The summed E-state index contributed by atoms with van der Waals surface area (Å²) >= 11 is 1.49. The van der Waals surface area contributed by atoms with Crippen molar-refractivity contribution in [1.29, 1.82) is 0 Å². The van der Waals surface area contributed by atoms with E-state index in [0.29, 0.717) is 24.4 Å². The Balaban J connectivity index is 1.52. The van der Waals surface area contributed by atoms with Gasteiger partial charge in [-0.25, -0.2) is 0 Å². The molecule has 0 saturated carbocycles. The Labute approximate surface area is 237 Å². The highest BCUT2D eigenvalue weighted by atomic mass is 32.2. The maximum Gasteiger partial charge on any atom is 0.311 e. The zero-order chi connectivity index (χ0) is 28.1. The summed E-state index contributed by atoms with van der Waals surface area (Å²) in [6.07, 6.45) is 8.48. The van der Waals surface area contributed by atoms with E-state index in [0.717, 1.165) is 5.56 Å². The highest BCUT2D eigenvalue weighted by molar-refractivity contribution is 8.02. The summed E-state index contributed by atoms with van der Waals surface area (Å²) in [5, 5.41) is 10.7. The molecule has 2 amide bonds. The quantitative estimate of drug-likeness (QED) is 0.442. The molecule has 4 aliphatic heterocycles. The van der Waals surface area contributed by atoms with Crippen LogP contribution in [0.5, 0.6) is 5.75 Å². The molecule has 0 radical (unpaired) electrons. The van der Waals surface area contributed by atoms with Gasteiger partial charge in [-0.1, -0.05) is 54.6 Å². The topological polar surface area (TPSA) is 96.4 Å². The third kappa shape index (κ3) is 3.97. The lowest BCUT2D eigenvalue weighted by atomic mass is 9.74. The van der Waals surface area contributed by atoms with E-state index in [4.69, 9.17) is 9.47 Å². The van der Waals surface area contributed by atoms with E-state index >= 15 is 0 Å². The highest BCUT2D eigenvalue weighted by Gasteiger charge is 2.74. The van der Waals surface area contributed by atoms with Gasteiger partial charge in [0.1, 0.15) is 11.8 Å². The molecule has 1 spiro atoms. The monoisotopic (exact) mass is 560 g/mol. The smallest absolute Gasteiger partial charge is 0.311 e. The number of hydrogen-bond acceptors (Lipinski definition) is 7. The Kier molecular flexibility index (Phi) is 6.74. The van der Waals surface area contributed by atoms with Crippen LogP contribution in [0, 0.1) is 11.8 Å². The average molecular weight is 561 g/mol. The zero-order valence-electron chi connectivity index (χ0n) is 22.4. The fourth-order valence-electron chi connectivity index (χ4n) is 6.79. The number of carbonyl (C=O) groups is 3. The van der Waals surface area contributed by atoms with Crippen molar-refractivity contribution < 1.29 is 29.0 Å². The first-order valence-corrected chi connectivity index (χ1v) is 14.3. The number of cyclic esters (lactones) is 1. The molecule has 2 saturated heterocycles. The molecule has 0 aliphatic carbocycles. The Hall–Kier alpha value is -3.56. The number of carbonyl (C=O) groups excluding carboxylic acids is 3. The number of ether oxygens (including phenoxy) is 2. The number of methoxy groups -OCH3 is 1. The number of rotatable bonds is 5. The van der Waals surface area contributed by atoms with Crippen molar-refractivity contribution in [3.63, 3.8) is 0 Å². The molecular formula is C31H32N2O6S. The molecule has 0 aromatic heterocycles. The predicted molar refractivity (Wildman–Crippen MR) is 152 cm³/mol. The SMILES string of the molecule is COc1ccc(N2CC=C[C@]34S[C@@]5(C)C=CCCOC(=O)[C@H]5[C@H]3C(=O)N([C@H](CO)c3ccccc3)C4C2=O)cc1. The van der Waals surface area contributed by atoms with Gasteiger partial charge >= 0.3 is 5.97 Å². The van der Waals surface area contributed by atoms with Crippen LogP contribution >= 0.6 is 11.8 Å². The van der Waals surface area contributed by atoms with E-state index in [1.54, 1.807) is 24.1 Å². The van der Waals surface area contributed by atoms with Crippen LogP contribution in [0.4, 0.5) is 5.69 Å². The van der Waals surface area contributed by atoms with E-state index in [-0.39, 0.29) is 25.0 Å². The normalized spacial score (nSPS) is 32.0. The van der Waals surface area contributed by atoms with Crippen LogP contribution < -0.4 is 9.64 Å². The molecule has 2 aromatic carbocycles. The number of thioether (sulfide) groups is 1. The molecule has 40 heavy (non-hydrogen) atoms. The summed E-state index contributed by atoms with van der Waals surface area (Å²) in [6, 6.07) is 14.7. The maximum absolute atomic E-state index is 14.7. The van der Waals surface area contributed by atoms with Crippen LogP contribution in [0.25, 0.3) is 0 Å². The van der Waals surface area contributed by atoms with E-state index in [2.05, 4.69) is 0 Å². The Morgan fingerprint density at radius 2 is 1.77 bits per heavy atom. The van der Waals surface area contributed by atoms with E-state index in [1.807, 2.05) is 73.7 Å². The number of nitrogens with zero attached hydrogens (tertiary/aromatic N) is 2. The molecule has 1 unspecified atom stereocenters. The second-order valence-electron chi connectivity index (χ2n) is 10.8. The van der Waals surface area contributed by atoms with Crippen LogP contribution in [0.1, 0.15) is 24.9 Å². The third-order valence-electron chi connectivity index (χ3n) is 8.53. The number of benzene rings is 2. The molecule has 0 bridgehead atoms. The fourth-order valence-corrected chi connectivity index (χ4v) is 8.93. The number of fused-ring (bicyclic) bond motifs is 2. The summed E-state index contributed by atoms with van der Waals surface area (Å²) in [5.41, 5.74) is 1.39. The van der Waals surface area contributed by atoms with Gasteiger partial charge in [0.25, 0.3) is 5.91 Å². The van der Waals surface area contributed by atoms with Gasteiger partial charge in [-0.05, 0) is 43.2 Å². The fraction of sp³-hybridized carbons (Fsp3) is 0.387. The van der Waals surface area contributed by atoms with Gasteiger partial charge in [0, 0.05) is 17.0 Å². The number of hydrogen-bond donors (Lipinski definition) is 1. The number of aliphatic hydroxyl groups excluding tert-OH is 1. The summed E-state index contributed by atoms with van der Waals surface area (Å²) in [7, 11) is 1.58. The van der Waals surface area contributed by atoms with Gasteiger partial charge in [-0.2, -0.15) is 0 Å². The highest BCUT2D eigenvalue weighted by Crippen LogP contribution is 2.66. The molecule has 4 aliphatic rings. The van der Waals surface area contributed by atoms with Gasteiger partial charge < -0.3 is 24.4 Å². The second-order valence-corrected chi connectivity index (χ2v) is 12.6. The van der Waals surface area contributed by atoms with Crippen LogP contribution in [0.3, 0.4) is 0 Å². The lowest BCUT2D eigenvalue weighted by Crippen LogP contribution is -2.54. The minimum atomic E-state index is -1.04. The molecule has 208 valence electrons. The lowest BCUT2D eigenvalue weighted by Gasteiger charge is -2.40. The Morgan fingerprint density at radius 3 is 2.48 bits per heavy atom. The first-order valence-electron chi connectivity index (χ1n) is 13.5. The van der Waals surface area contributed by atoms with Crippen molar-refractivity contribution in [3.8, 4) is 5.75 Å². The van der Waals surface area contributed by atoms with Crippen molar-refractivity contribution >= 4 is 35.2 Å². The summed E-state index contributed by atoms with van der Waals surface area (Å²) < 4.78 is 9.14. The third-order valence-corrected chi connectivity index (χ3v) is 10.3. The molecule has 6 atom stereocenters. The van der Waals surface area contributed by atoms with Gasteiger partial charge in [-0.15, -0.1) is 11.8 Å². The second kappa shape index (κ2) is 10.1. The van der Waals surface area contributed by atoms with Crippen LogP contribution in [-0.4, -0.2) is 70.2 Å². The summed E-state index contributed by atoms with van der Waals surface area (Å²) in [6.45, 7) is 2.14. The number of likely N-dealkylation sites (tertiary alicyclic amines) is 1. The summed E-state index contributed by atoms with van der Waals surface area (Å²) in [4.78, 5) is 46.0. The molecular weight excluding hydrogens is 528 g/mol. The van der Waals surface area contributed by atoms with Crippen LogP contribution in [0.15, 0.2) is 78.9 Å². The number of anilines is 1. The first-order chi connectivity index (χ1) is 19.3. The van der Waals surface area contributed by atoms with Crippen molar-refractivity contribution in [3.05, 3.63) is 84.5 Å². The Bertz CT molecular complexity index is 1380. The van der Waals surface area contributed by atoms with E-state index in [1.165, 1.54) is 16.7 Å². The van der Waals surface area contributed by atoms with Crippen molar-refractivity contribution in [2.24, 2.45) is 11.8 Å². The number of esters is 1. The standard InChI is InChI=1S/C31H32N2O6S/c1-30-15-6-7-18-39-29(37)25(30)24-27(35)33(23(19-34)20-9-4-3-5-10-20)26-28(36)32(17-8-16-31(24,26)40-30)21-11-13-22(38-2)14-12-21/h3-6,8-16,23-26,34H,7,17-19H2,1-2H3/t23-,24+,25-,26?,30+,31+/m1/s1. The molecule has 6 rings (SSSR count). The van der Waals surface area contributed by atoms with E-state index in [9.17, 15) is 19.5 Å². The van der Waals surface area contributed by atoms with Gasteiger partial charge in [0.15, 0.2) is 0 Å². The van der Waals surface area contributed by atoms with Gasteiger partial charge in [0.05, 0.1) is 42.9 Å². The molecule has 8 nitrogen and oxygen atoms in total. The minimum Gasteiger partial charge on any atom is -0.497 e. The van der Waals surface area contributed by atoms with Gasteiger partial charge in [0.2, 0.25) is 5.91 Å². The van der Waals surface area contributed by atoms with Crippen molar-refractivity contribution in [2.45, 2.75) is 34.9 Å². The first kappa shape index (κ1) is 26.7. The van der Waals surface area contributed by atoms with Crippen LogP contribution in [0.2, 0.25) is 0 Å². The van der Waals surface area contributed by atoms with Crippen molar-refractivity contribution in [2.75, 3.05) is 31.8 Å². The van der Waals surface area contributed by atoms with Gasteiger partial charge in [-0.3, -0.25) is 14.4 Å². The largest absolute Gasteiger partial charge is 0.497 e. The molecule has 9 heteroatoms. The van der Waals surface area contributed by atoms with E-state index < -0.39 is 39.4 Å². The predicted octanol–water partition coefficient (Wildman–Crippen LogP) is 3.52. The molecule has 2 fully saturated rings. The molecule has 1 N–H and O–H groups in total. The summed E-state index contributed by atoms with van der Waals surface area (Å²) in [5.74, 6) is -1.96. The zero-order valence-corrected chi connectivity index (χ0v) is 23.3. The molecule has 2 aromatic rings. The van der Waals surface area contributed by atoms with Crippen molar-refractivity contribution in [1.82, 2.24) is 4.90 Å². The number of amides is 2. The number of aliphatic hydroxyl groups is 1. The lowest BCUT2D eigenvalue weighted by molar-refractivity contribution is -0.154. The minimum absolute atomic E-state index is 0.247. The average Bonchev–Trinajstić information content (AvgIpc) is 3.28. The maximum atomic E-state index is 14.7. The van der Waals surface area contributed by atoms with Crippen LogP contribution in [-0.2, 0) is 19.1 Å². The molecule has 4 heterocycles. The Morgan fingerprint density at radius 1 is 1.02 bits per heavy atom.